The number of sulfone groups is 1. The molecule has 220 valence electrons. The van der Waals surface area contributed by atoms with E-state index in [-0.39, 0.29) is 21.3 Å². The largest absolute Gasteiger partial charge is 0.491 e. The van der Waals surface area contributed by atoms with E-state index in [1.54, 1.807) is 37.4 Å². The predicted molar refractivity (Wildman–Crippen MR) is 149 cm³/mol. The molecule has 2 aromatic carbocycles. The van der Waals surface area contributed by atoms with Gasteiger partial charge in [-0.05, 0) is 60.2 Å². The minimum Gasteiger partial charge on any atom is -0.385 e. The summed E-state index contributed by atoms with van der Waals surface area (Å²) in [5.41, 5.74) is 7.63. The van der Waals surface area contributed by atoms with Gasteiger partial charge in [0, 0.05) is 12.1 Å². The first-order valence-corrected chi connectivity index (χ1v) is 16.6. The Balaban J connectivity index is 1.77. The van der Waals surface area contributed by atoms with E-state index < -0.39 is 48.1 Å². The number of rotatable bonds is 10. The molecule has 3 aromatic rings. The van der Waals surface area contributed by atoms with Crippen molar-refractivity contribution in [2.24, 2.45) is 5.73 Å². The number of hydrogen-bond acceptors (Lipinski definition) is 9. The van der Waals surface area contributed by atoms with Crippen LogP contribution >= 0.6 is 30.7 Å². The third kappa shape index (κ3) is 7.98. The van der Waals surface area contributed by atoms with Crippen molar-refractivity contribution in [3.63, 3.8) is 0 Å². The molecule has 0 aliphatic heterocycles. The molecule has 17 heteroatoms. The van der Waals surface area contributed by atoms with Crippen LogP contribution in [0.2, 0.25) is 0 Å². The third-order valence-electron chi connectivity index (χ3n) is 5.45. The Morgan fingerprint density at radius 2 is 1.88 bits per heavy atom. The summed E-state index contributed by atoms with van der Waals surface area (Å²) in [6.45, 7) is 1.70. The zero-order chi connectivity index (χ0) is 30.8. The maximum atomic E-state index is 13.4. The van der Waals surface area contributed by atoms with Crippen LogP contribution in [-0.4, -0.2) is 49.6 Å². The number of amidine groups is 1. The SMILES string of the molecule is CSc1sc(C(=N)N)cc1S(=O)(=O)c1cccc(-c2ccc(NC(=O)CCP(=O)(O)OC(=O)C(F)(F)F)cc2C)c1. The zero-order valence-corrected chi connectivity index (χ0v) is 24.7. The number of anilines is 1. The van der Waals surface area contributed by atoms with E-state index in [0.717, 1.165) is 11.3 Å². The molecular formula is C24H23F3N3O7PS3. The molecule has 3 rings (SSSR count). The van der Waals surface area contributed by atoms with Gasteiger partial charge in [-0.2, -0.15) is 13.2 Å². The fourth-order valence-electron chi connectivity index (χ4n) is 3.54. The summed E-state index contributed by atoms with van der Waals surface area (Å²) in [5, 5.41) is 10.1. The molecule has 0 spiro atoms. The molecule has 1 heterocycles. The number of benzene rings is 2. The molecule has 0 bridgehead atoms. The van der Waals surface area contributed by atoms with Crippen molar-refractivity contribution in [3.8, 4) is 11.1 Å². The number of carbonyl (C=O) groups excluding carboxylic acids is 2. The van der Waals surface area contributed by atoms with Crippen LogP contribution in [-0.2, 0) is 28.5 Å². The van der Waals surface area contributed by atoms with Gasteiger partial charge in [-0.15, -0.1) is 23.1 Å². The molecule has 1 unspecified atom stereocenters. The zero-order valence-electron chi connectivity index (χ0n) is 21.3. The number of halogens is 3. The predicted octanol–water partition coefficient (Wildman–Crippen LogP) is 5.18. The van der Waals surface area contributed by atoms with Crippen molar-refractivity contribution < 1.29 is 45.2 Å². The highest BCUT2D eigenvalue weighted by atomic mass is 32.2. The van der Waals surface area contributed by atoms with Gasteiger partial charge in [0.2, 0.25) is 15.7 Å². The van der Waals surface area contributed by atoms with E-state index in [0.29, 0.717) is 25.8 Å². The van der Waals surface area contributed by atoms with Crippen molar-refractivity contribution in [3.05, 3.63) is 59.0 Å². The topological polar surface area (TPSA) is 177 Å². The molecule has 0 fully saturated rings. The van der Waals surface area contributed by atoms with Gasteiger partial charge in [0.25, 0.3) is 0 Å². The number of nitrogen functional groups attached to an aromatic ring is 1. The van der Waals surface area contributed by atoms with Gasteiger partial charge in [-0.25, -0.2) is 17.8 Å². The van der Waals surface area contributed by atoms with E-state index in [1.807, 2.05) is 0 Å². The molecule has 10 nitrogen and oxygen atoms in total. The van der Waals surface area contributed by atoms with Gasteiger partial charge in [0.05, 0.1) is 25.0 Å². The molecule has 41 heavy (non-hydrogen) atoms. The summed E-state index contributed by atoms with van der Waals surface area (Å²) in [6.07, 6.45) is -5.45. The summed E-state index contributed by atoms with van der Waals surface area (Å²) in [6, 6.07) is 12.3. The van der Waals surface area contributed by atoms with Crippen LogP contribution in [0.5, 0.6) is 0 Å². The Bertz CT molecular complexity index is 1670. The maximum Gasteiger partial charge on any atom is 0.491 e. The fourth-order valence-corrected chi connectivity index (χ4v) is 8.38. The summed E-state index contributed by atoms with van der Waals surface area (Å²) in [4.78, 5) is 32.8. The van der Waals surface area contributed by atoms with Crippen LogP contribution in [0.25, 0.3) is 11.1 Å². The molecule has 0 saturated heterocycles. The monoisotopic (exact) mass is 649 g/mol. The van der Waals surface area contributed by atoms with E-state index >= 15 is 0 Å². The summed E-state index contributed by atoms with van der Waals surface area (Å²) < 4.78 is 79.4. The van der Waals surface area contributed by atoms with E-state index in [1.165, 1.54) is 36.0 Å². The Morgan fingerprint density at radius 3 is 2.46 bits per heavy atom. The maximum absolute atomic E-state index is 13.4. The number of nitrogens with two attached hydrogens (primary N) is 1. The van der Waals surface area contributed by atoms with Crippen LogP contribution in [0.1, 0.15) is 16.9 Å². The number of thiophene rings is 1. The quantitative estimate of drug-likeness (QED) is 0.0997. The number of carbonyl (C=O) groups is 2. The second kappa shape index (κ2) is 12.4. The Kier molecular flexibility index (Phi) is 9.76. The van der Waals surface area contributed by atoms with Crippen LogP contribution < -0.4 is 11.1 Å². The second-order valence-electron chi connectivity index (χ2n) is 8.48. The van der Waals surface area contributed by atoms with Gasteiger partial charge < -0.3 is 20.5 Å². The number of alkyl halides is 3. The highest BCUT2D eigenvalue weighted by molar-refractivity contribution is 8.01. The summed E-state index contributed by atoms with van der Waals surface area (Å²) >= 11 is 2.34. The van der Waals surface area contributed by atoms with Crippen LogP contribution in [0.15, 0.2) is 62.5 Å². The smallest absolute Gasteiger partial charge is 0.385 e. The van der Waals surface area contributed by atoms with E-state index in [4.69, 9.17) is 11.1 Å². The van der Waals surface area contributed by atoms with Gasteiger partial charge >= 0.3 is 19.7 Å². The van der Waals surface area contributed by atoms with Gasteiger partial charge in [0.1, 0.15) is 5.84 Å². The summed E-state index contributed by atoms with van der Waals surface area (Å²) in [7, 11) is -8.96. The molecule has 5 N–H and O–H groups in total. The number of hydrogen-bond donors (Lipinski definition) is 4. The minimum atomic E-state index is -5.45. The fraction of sp³-hybridized carbons (Fsp3) is 0.208. The number of thioether (sulfide) groups is 1. The van der Waals surface area contributed by atoms with Crippen LogP contribution in [0.4, 0.5) is 18.9 Å². The van der Waals surface area contributed by atoms with E-state index in [2.05, 4.69) is 9.84 Å². The van der Waals surface area contributed by atoms with Crippen LogP contribution in [0.3, 0.4) is 0 Å². The van der Waals surface area contributed by atoms with Gasteiger partial charge in [0.15, 0.2) is 0 Å². The molecule has 0 aliphatic rings. The minimum absolute atomic E-state index is 0.0228. The first-order chi connectivity index (χ1) is 18.9. The molecule has 1 aromatic heterocycles. The number of nitrogens with one attached hydrogen (secondary N) is 2. The average molecular weight is 650 g/mol. The molecule has 0 aliphatic carbocycles. The Morgan fingerprint density at radius 1 is 1.20 bits per heavy atom. The van der Waals surface area contributed by atoms with Crippen molar-refractivity contribution in [1.82, 2.24) is 0 Å². The molecular weight excluding hydrogens is 626 g/mol. The lowest BCUT2D eigenvalue weighted by molar-refractivity contribution is -0.190. The van der Waals surface area contributed by atoms with Crippen molar-refractivity contribution in [2.75, 3.05) is 17.7 Å². The lowest BCUT2D eigenvalue weighted by Gasteiger charge is -2.14. The van der Waals surface area contributed by atoms with Crippen molar-refractivity contribution >= 4 is 63.9 Å². The average Bonchev–Trinajstić information content (AvgIpc) is 3.33. The number of amides is 1. The third-order valence-corrected chi connectivity index (χ3v) is 11.0. The molecule has 1 atom stereocenters. The Hall–Kier alpha value is -3.17. The molecule has 1 amide bonds. The highest BCUT2D eigenvalue weighted by Gasteiger charge is 2.44. The lowest BCUT2D eigenvalue weighted by Crippen LogP contribution is -2.25. The normalized spacial score (nSPS) is 13.3. The second-order valence-corrected chi connectivity index (χ2v) is 14.4. The summed E-state index contributed by atoms with van der Waals surface area (Å²) in [5.74, 6) is -3.88. The van der Waals surface area contributed by atoms with Gasteiger partial charge in [-0.1, -0.05) is 18.2 Å². The van der Waals surface area contributed by atoms with Gasteiger partial charge in [-0.3, -0.25) is 10.2 Å². The van der Waals surface area contributed by atoms with E-state index in [9.17, 15) is 40.6 Å². The standard InChI is InChI=1S/C24H23F3N3O7PS3/c1-13-10-15(30-20(31)8-9-38(33,34)37-23(32)24(25,26)27)6-7-17(13)14-4-3-5-16(11-14)41(35,36)19-12-18(21(28)29)40-22(19)39-2/h3-7,10-12H,8-9H2,1-2H3,(H3,28,29)(H,30,31)(H,33,34). The van der Waals surface area contributed by atoms with Crippen LogP contribution in [0, 0.1) is 12.3 Å². The Labute approximate surface area is 241 Å². The first kappa shape index (κ1) is 32.3. The van der Waals surface area contributed by atoms with Crippen molar-refractivity contribution in [2.45, 2.75) is 33.5 Å². The lowest BCUT2D eigenvalue weighted by atomic mass is 10.00. The first-order valence-electron chi connectivity index (χ1n) is 11.4. The van der Waals surface area contributed by atoms with Crippen molar-refractivity contribution in [1.29, 1.82) is 5.41 Å². The number of aryl methyl sites for hydroxylation is 1. The molecule has 0 radical (unpaired) electrons. The highest BCUT2D eigenvalue weighted by Crippen LogP contribution is 2.44. The molecule has 0 saturated carbocycles.